The van der Waals surface area contributed by atoms with Gasteiger partial charge >= 0.3 is 5.97 Å². The van der Waals surface area contributed by atoms with Crippen molar-refractivity contribution in [3.8, 4) is 11.8 Å². The Morgan fingerprint density at radius 2 is 2.21 bits per heavy atom. The Balaban J connectivity index is 2.45. The molecule has 1 aromatic heterocycles. The molecule has 0 unspecified atom stereocenters. The van der Waals surface area contributed by atoms with Crippen LogP contribution in [0.4, 0.5) is 0 Å². The first-order valence-corrected chi connectivity index (χ1v) is 4.22. The second-order valence-corrected chi connectivity index (χ2v) is 2.41. The van der Waals surface area contributed by atoms with Gasteiger partial charge in [-0.25, -0.2) is 9.97 Å². The van der Waals surface area contributed by atoms with Gasteiger partial charge in [-0.15, -0.1) is 0 Å². The second-order valence-electron chi connectivity index (χ2n) is 2.41. The lowest BCUT2D eigenvalue weighted by Crippen LogP contribution is -2.01. The van der Waals surface area contributed by atoms with E-state index in [0.29, 0.717) is 12.2 Å². The predicted molar refractivity (Wildman–Crippen MR) is 50.2 cm³/mol. The van der Waals surface area contributed by atoms with E-state index >= 15 is 0 Å². The van der Waals surface area contributed by atoms with Gasteiger partial charge in [0.05, 0.1) is 12.2 Å². The van der Waals surface area contributed by atoms with Gasteiger partial charge in [0.15, 0.2) is 0 Å². The number of esters is 1. The molecule has 0 aliphatic carbocycles. The van der Waals surface area contributed by atoms with Crippen LogP contribution in [-0.2, 0) is 9.53 Å². The summed E-state index contributed by atoms with van der Waals surface area (Å²) in [6.45, 7) is 2.14. The van der Waals surface area contributed by atoms with E-state index in [1.54, 1.807) is 19.3 Å². The summed E-state index contributed by atoms with van der Waals surface area (Å²) in [5.41, 5.74) is 0.691. The Kier molecular flexibility index (Phi) is 4.15. The molecule has 0 aliphatic heterocycles. The highest BCUT2D eigenvalue weighted by Crippen LogP contribution is 1.90. The van der Waals surface area contributed by atoms with Crippen molar-refractivity contribution < 1.29 is 9.53 Å². The van der Waals surface area contributed by atoms with Crippen molar-refractivity contribution in [3.05, 3.63) is 24.3 Å². The third kappa shape index (κ3) is 3.68. The molecular formula is C10H10N2O2. The minimum absolute atomic E-state index is 0.0999. The normalized spacial score (nSPS) is 8.64. The predicted octanol–water partition coefficient (Wildman–Crippen LogP) is 0.781. The van der Waals surface area contributed by atoms with Crippen LogP contribution in [-0.4, -0.2) is 22.5 Å². The fraction of sp³-hybridized carbons (Fsp3) is 0.300. The third-order valence-corrected chi connectivity index (χ3v) is 1.33. The zero-order chi connectivity index (χ0) is 10.2. The van der Waals surface area contributed by atoms with Gasteiger partial charge in [-0.05, 0) is 6.92 Å². The maximum Gasteiger partial charge on any atom is 0.317 e. The topological polar surface area (TPSA) is 52.1 Å². The fourth-order valence-electron chi connectivity index (χ4n) is 0.794. The quantitative estimate of drug-likeness (QED) is 0.511. The summed E-state index contributed by atoms with van der Waals surface area (Å²) in [7, 11) is 0. The summed E-state index contributed by atoms with van der Waals surface area (Å²) in [4.78, 5) is 18.5. The van der Waals surface area contributed by atoms with Crippen LogP contribution in [0.2, 0.25) is 0 Å². The summed E-state index contributed by atoms with van der Waals surface area (Å²) < 4.78 is 4.71. The monoisotopic (exact) mass is 190 g/mol. The van der Waals surface area contributed by atoms with E-state index in [1.807, 2.05) is 0 Å². The second kappa shape index (κ2) is 5.70. The zero-order valence-electron chi connectivity index (χ0n) is 7.86. The van der Waals surface area contributed by atoms with Crippen LogP contribution >= 0.6 is 0 Å². The molecule has 1 heterocycles. The van der Waals surface area contributed by atoms with E-state index in [-0.39, 0.29) is 12.4 Å². The van der Waals surface area contributed by atoms with Crippen molar-refractivity contribution in [3.63, 3.8) is 0 Å². The summed E-state index contributed by atoms with van der Waals surface area (Å²) >= 11 is 0. The molecule has 0 aliphatic rings. The Morgan fingerprint density at radius 3 is 2.86 bits per heavy atom. The van der Waals surface area contributed by atoms with Gasteiger partial charge in [-0.3, -0.25) is 4.79 Å². The molecule has 0 saturated carbocycles. The first-order chi connectivity index (χ1) is 6.83. The molecule has 0 radical (unpaired) electrons. The van der Waals surface area contributed by atoms with E-state index in [2.05, 4.69) is 21.8 Å². The highest BCUT2D eigenvalue weighted by molar-refractivity contribution is 5.72. The molecule has 0 saturated heterocycles. The molecule has 0 aromatic carbocycles. The molecule has 0 spiro atoms. The fourth-order valence-corrected chi connectivity index (χ4v) is 0.794. The number of rotatable bonds is 2. The summed E-state index contributed by atoms with van der Waals surface area (Å²) in [5, 5.41) is 0. The number of nitrogens with zero attached hydrogens (tertiary/aromatic N) is 2. The maximum absolute atomic E-state index is 10.9. The molecule has 72 valence electrons. The Morgan fingerprint density at radius 1 is 1.50 bits per heavy atom. The van der Waals surface area contributed by atoms with Crippen LogP contribution in [0.15, 0.2) is 18.7 Å². The molecule has 4 nitrogen and oxygen atoms in total. The molecule has 0 amide bonds. The number of hydrogen-bond donors (Lipinski definition) is 0. The van der Waals surface area contributed by atoms with Crippen molar-refractivity contribution in [1.29, 1.82) is 0 Å². The van der Waals surface area contributed by atoms with E-state index in [9.17, 15) is 4.79 Å². The molecule has 4 heteroatoms. The highest BCUT2D eigenvalue weighted by Gasteiger charge is 1.95. The van der Waals surface area contributed by atoms with Gasteiger partial charge in [0.2, 0.25) is 0 Å². The smallest absolute Gasteiger partial charge is 0.317 e. The average molecular weight is 190 g/mol. The van der Waals surface area contributed by atoms with Crippen molar-refractivity contribution in [2.75, 3.05) is 6.61 Å². The molecule has 1 aromatic rings. The van der Waals surface area contributed by atoms with Crippen LogP contribution in [0, 0.1) is 11.8 Å². The maximum atomic E-state index is 10.9. The van der Waals surface area contributed by atoms with Crippen molar-refractivity contribution in [1.82, 2.24) is 9.97 Å². The minimum Gasteiger partial charge on any atom is -0.465 e. The standard InChI is InChI=1S/C10H10N2O2/c1-2-14-10(13)5-3-4-9-6-11-8-12-7-9/h6-8H,2,5H2,1H3. The van der Waals surface area contributed by atoms with Crippen LogP contribution in [0.1, 0.15) is 18.9 Å². The summed E-state index contributed by atoms with van der Waals surface area (Å²) in [5.74, 6) is 5.13. The number of carbonyl (C=O) groups is 1. The molecule has 0 fully saturated rings. The third-order valence-electron chi connectivity index (χ3n) is 1.33. The Hall–Kier alpha value is -1.89. The van der Waals surface area contributed by atoms with Crippen molar-refractivity contribution >= 4 is 5.97 Å². The van der Waals surface area contributed by atoms with E-state index < -0.39 is 0 Å². The molecule has 14 heavy (non-hydrogen) atoms. The first kappa shape index (κ1) is 10.2. The Bertz CT molecular complexity index is 351. The van der Waals surface area contributed by atoms with Gasteiger partial charge in [-0.2, -0.15) is 0 Å². The first-order valence-electron chi connectivity index (χ1n) is 4.22. The van der Waals surface area contributed by atoms with Crippen molar-refractivity contribution in [2.24, 2.45) is 0 Å². The molecule has 0 bridgehead atoms. The zero-order valence-corrected chi connectivity index (χ0v) is 7.86. The molecule has 0 N–H and O–H groups in total. The van der Waals surface area contributed by atoms with Gasteiger partial charge in [0.25, 0.3) is 0 Å². The lowest BCUT2D eigenvalue weighted by molar-refractivity contribution is -0.141. The SMILES string of the molecule is CCOC(=O)CC#Cc1cncnc1. The average Bonchev–Trinajstić information content (AvgIpc) is 2.20. The van der Waals surface area contributed by atoms with Gasteiger partial charge in [0, 0.05) is 12.4 Å². The van der Waals surface area contributed by atoms with E-state index in [0.717, 1.165) is 0 Å². The van der Waals surface area contributed by atoms with Crippen LogP contribution in [0.5, 0.6) is 0 Å². The van der Waals surface area contributed by atoms with Crippen LogP contribution in [0.25, 0.3) is 0 Å². The summed E-state index contributed by atoms with van der Waals surface area (Å²) in [6, 6.07) is 0. The Labute approximate surface area is 82.3 Å². The van der Waals surface area contributed by atoms with E-state index in [1.165, 1.54) is 6.33 Å². The van der Waals surface area contributed by atoms with Crippen molar-refractivity contribution in [2.45, 2.75) is 13.3 Å². The number of carbonyl (C=O) groups excluding carboxylic acids is 1. The number of ether oxygens (including phenoxy) is 1. The van der Waals surface area contributed by atoms with Crippen LogP contribution < -0.4 is 0 Å². The summed E-state index contributed by atoms with van der Waals surface area (Å²) in [6.07, 6.45) is 4.70. The molecule has 0 atom stereocenters. The molecular weight excluding hydrogens is 180 g/mol. The van der Waals surface area contributed by atoms with Crippen LogP contribution in [0.3, 0.4) is 0 Å². The lowest BCUT2D eigenvalue weighted by atomic mass is 10.3. The van der Waals surface area contributed by atoms with E-state index in [4.69, 9.17) is 4.74 Å². The number of aromatic nitrogens is 2. The number of hydrogen-bond acceptors (Lipinski definition) is 4. The lowest BCUT2D eigenvalue weighted by Gasteiger charge is -1.94. The largest absolute Gasteiger partial charge is 0.465 e. The van der Waals surface area contributed by atoms with Gasteiger partial charge in [-0.1, -0.05) is 11.8 Å². The van der Waals surface area contributed by atoms with Gasteiger partial charge < -0.3 is 4.74 Å². The molecule has 1 rings (SSSR count). The van der Waals surface area contributed by atoms with Gasteiger partial charge in [0.1, 0.15) is 12.7 Å². The highest BCUT2D eigenvalue weighted by atomic mass is 16.5. The minimum atomic E-state index is -0.308.